The Labute approximate surface area is 184 Å². The summed E-state index contributed by atoms with van der Waals surface area (Å²) in [6.07, 6.45) is 1.93. The van der Waals surface area contributed by atoms with Crippen LogP contribution in [0.25, 0.3) is 11.0 Å². The first-order chi connectivity index (χ1) is 15.0. The number of hydrogen-bond acceptors (Lipinski definition) is 4. The SMILES string of the molecule is Cc1c(Cl)cccc1NC(=O)C[C@H]1C(=O)N(C[C@@H]2CCCO2)c2nc3ccccc3n21. The lowest BCUT2D eigenvalue weighted by atomic mass is 10.1. The van der Waals surface area contributed by atoms with E-state index in [9.17, 15) is 9.59 Å². The van der Waals surface area contributed by atoms with E-state index in [4.69, 9.17) is 21.3 Å². The Hall–Kier alpha value is -2.90. The van der Waals surface area contributed by atoms with E-state index in [1.54, 1.807) is 23.1 Å². The van der Waals surface area contributed by atoms with Gasteiger partial charge in [0.05, 0.1) is 30.1 Å². The average molecular weight is 439 g/mol. The lowest BCUT2D eigenvalue weighted by Gasteiger charge is -2.19. The highest BCUT2D eigenvalue weighted by atomic mass is 35.5. The molecule has 0 spiro atoms. The predicted octanol–water partition coefficient (Wildman–Crippen LogP) is 4.09. The van der Waals surface area contributed by atoms with Crippen molar-refractivity contribution in [3.63, 3.8) is 0 Å². The van der Waals surface area contributed by atoms with Crippen LogP contribution < -0.4 is 10.2 Å². The number of aromatic nitrogens is 2. The maximum Gasteiger partial charge on any atom is 0.253 e. The van der Waals surface area contributed by atoms with E-state index in [1.165, 1.54) is 0 Å². The van der Waals surface area contributed by atoms with E-state index in [0.29, 0.717) is 29.8 Å². The number of ether oxygens (including phenoxy) is 1. The molecule has 2 atom stereocenters. The summed E-state index contributed by atoms with van der Waals surface area (Å²) in [7, 11) is 0. The van der Waals surface area contributed by atoms with E-state index in [-0.39, 0.29) is 24.3 Å². The first-order valence-electron chi connectivity index (χ1n) is 10.5. The quantitative estimate of drug-likeness (QED) is 0.650. The number of benzene rings is 2. The molecular weight excluding hydrogens is 416 g/mol. The summed E-state index contributed by atoms with van der Waals surface area (Å²) in [5.74, 6) is 0.214. The molecule has 1 N–H and O–H groups in total. The number of anilines is 2. The van der Waals surface area contributed by atoms with Crippen LogP contribution in [0.2, 0.25) is 5.02 Å². The molecule has 0 radical (unpaired) electrons. The minimum Gasteiger partial charge on any atom is -0.376 e. The van der Waals surface area contributed by atoms with E-state index in [2.05, 4.69) is 5.32 Å². The summed E-state index contributed by atoms with van der Waals surface area (Å²) in [5.41, 5.74) is 3.09. The molecule has 3 aromatic rings. The number of amides is 2. The summed E-state index contributed by atoms with van der Waals surface area (Å²) >= 11 is 6.17. The van der Waals surface area contributed by atoms with Gasteiger partial charge < -0.3 is 10.1 Å². The fraction of sp³-hybridized carbons (Fsp3) is 0.348. The van der Waals surface area contributed by atoms with Crippen LogP contribution in [0.3, 0.4) is 0 Å². The number of imidazole rings is 1. The lowest BCUT2D eigenvalue weighted by Crippen LogP contribution is -2.37. The van der Waals surface area contributed by atoms with Gasteiger partial charge in [-0.1, -0.05) is 29.8 Å². The number of rotatable bonds is 5. The van der Waals surface area contributed by atoms with Gasteiger partial charge in [0.1, 0.15) is 6.04 Å². The van der Waals surface area contributed by atoms with Crippen molar-refractivity contribution in [3.05, 3.63) is 53.1 Å². The van der Waals surface area contributed by atoms with E-state index in [0.717, 1.165) is 29.4 Å². The van der Waals surface area contributed by atoms with Gasteiger partial charge in [0, 0.05) is 17.3 Å². The van der Waals surface area contributed by atoms with Crippen molar-refractivity contribution in [2.24, 2.45) is 0 Å². The second kappa shape index (κ2) is 7.98. The average Bonchev–Trinajstić information content (AvgIpc) is 3.45. The fourth-order valence-electron chi connectivity index (χ4n) is 4.38. The van der Waals surface area contributed by atoms with Crippen LogP contribution in [0.1, 0.15) is 30.9 Å². The molecule has 1 fully saturated rings. The monoisotopic (exact) mass is 438 g/mol. The molecule has 31 heavy (non-hydrogen) atoms. The van der Waals surface area contributed by atoms with Crippen molar-refractivity contribution in [2.45, 2.75) is 38.3 Å². The number of fused-ring (bicyclic) bond motifs is 3. The van der Waals surface area contributed by atoms with Gasteiger partial charge in [0.2, 0.25) is 11.9 Å². The highest BCUT2D eigenvalue weighted by molar-refractivity contribution is 6.31. The fourth-order valence-corrected chi connectivity index (χ4v) is 4.55. The Bertz CT molecular complexity index is 1170. The molecule has 1 saturated heterocycles. The summed E-state index contributed by atoms with van der Waals surface area (Å²) in [6, 6.07) is 12.4. The van der Waals surface area contributed by atoms with Crippen LogP contribution in [0.4, 0.5) is 11.6 Å². The molecule has 2 aliphatic heterocycles. The zero-order chi connectivity index (χ0) is 21.5. The lowest BCUT2D eigenvalue weighted by molar-refractivity contribution is -0.124. The maximum atomic E-state index is 13.4. The summed E-state index contributed by atoms with van der Waals surface area (Å²) in [6.45, 7) is 3.02. The van der Waals surface area contributed by atoms with Crippen molar-refractivity contribution >= 4 is 46.1 Å². The maximum absolute atomic E-state index is 13.4. The standard InChI is InChI=1S/C23H23ClN4O3/c1-14-16(24)7-4-9-17(14)25-21(29)12-20-22(30)27(13-15-6-5-11-31-15)23-26-18-8-2-3-10-19(18)28(20)23/h2-4,7-10,15,20H,5-6,11-13H2,1H3,(H,25,29)/t15-,20-/m0/s1. The van der Waals surface area contributed by atoms with Gasteiger partial charge in [-0.3, -0.25) is 19.1 Å². The largest absolute Gasteiger partial charge is 0.376 e. The van der Waals surface area contributed by atoms with E-state index in [1.807, 2.05) is 35.8 Å². The third-order valence-electron chi connectivity index (χ3n) is 6.01. The number of carbonyl (C=O) groups excluding carboxylic acids is 2. The van der Waals surface area contributed by atoms with Crippen molar-refractivity contribution in [2.75, 3.05) is 23.4 Å². The second-order valence-corrected chi connectivity index (χ2v) is 8.44. The van der Waals surface area contributed by atoms with Gasteiger partial charge in [-0.05, 0) is 49.6 Å². The van der Waals surface area contributed by atoms with Crippen molar-refractivity contribution in [3.8, 4) is 0 Å². The Morgan fingerprint density at radius 1 is 1.26 bits per heavy atom. The normalized spacial score (nSPS) is 20.5. The second-order valence-electron chi connectivity index (χ2n) is 8.03. The number of carbonyl (C=O) groups is 2. The van der Waals surface area contributed by atoms with Gasteiger partial charge in [-0.25, -0.2) is 4.98 Å². The number of nitrogens with zero attached hydrogens (tertiary/aromatic N) is 3. The number of halogens is 1. The van der Waals surface area contributed by atoms with Crippen LogP contribution in [0.15, 0.2) is 42.5 Å². The Kier molecular flexibility index (Phi) is 5.16. The van der Waals surface area contributed by atoms with Crippen LogP contribution >= 0.6 is 11.6 Å². The van der Waals surface area contributed by atoms with Crippen LogP contribution in [-0.4, -0.2) is 40.6 Å². The van der Waals surface area contributed by atoms with Gasteiger partial charge in [0.25, 0.3) is 5.91 Å². The molecule has 0 unspecified atom stereocenters. The predicted molar refractivity (Wildman–Crippen MR) is 120 cm³/mol. The van der Waals surface area contributed by atoms with E-state index >= 15 is 0 Å². The van der Waals surface area contributed by atoms with Gasteiger partial charge in [-0.15, -0.1) is 0 Å². The van der Waals surface area contributed by atoms with Crippen molar-refractivity contribution in [1.29, 1.82) is 0 Å². The molecule has 1 aromatic heterocycles. The number of para-hydroxylation sites is 2. The zero-order valence-electron chi connectivity index (χ0n) is 17.2. The highest BCUT2D eigenvalue weighted by Gasteiger charge is 2.42. The number of nitrogens with one attached hydrogen (secondary N) is 1. The first-order valence-corrected chi connectivity index (χ1v) is 10.9. The van der Waals surface area contributed by atoms with E-state index < -0.39 is 6.04 Å². The molecule has 8 heteroatoms. The van der Waals surface area contributed by atoms with Crippen molar-refractivity contribution in [1.82, 2.24) is 9.55 Å². The molecule has 0 saturated carbocycles. The number of hydrogen-bond donors (Lipinski definition) is 1. The van der Waals surface area contributed by atoms with Gasteiger partial charge in [-0.2, -0.15) is 0 Å². The summed E-state index contributed by atoms with van der Waals surface area (Å²) in [5, 5.41) is 3.49. The van der Waals surface area contributed by atoms with Crippen molar-refractivity contribution < 1.29 is 14.3 Å². The minimum absolute atomic E-state index is 0.00102. The minimum atomic E-state index is -0.650. The molecule has 3 heterocycles. The third-order valence-corrected chi connectivity index (χ3v) is 6.42. The topological polar surface area (TPSA) is 76.5 Å². The molecule has 7 nitrogen and oxygen atoms in total. The van der Waals surface area contributed by atoms with Crippen LogP contribution in [0.5, 0.6) is 0 Å². The Morgan fingerprint density at radius 3 is 2.90 bits per heavy atom. The summed E-state index contributed by atoms with van der Waals surface area (Å²) < 4.78 is 7.64. The van der Waals surface area contributed by atoms with Crippen LogP contribution in [-0.2, 0) is 14.3 Å². The molecule has 2 amide bonds. The first kappa shape index (κ1) is 20.0. The smallest absolute Gasteiger partial charge is 0.253 e. The Morgan fingerprint density at radius 2 is 2.10 bits per heavy atom. The van der Waals surface area contributed by atoms with Crippen LogP contribution in [0, 0.1) is 6.92 Å². The zero-order valence-corrected chi connectivity index (χ0v) is 17.9. The molecule has 0 bridgehead atoms. The van der Waals surface area contributed by atoms with Gasteiger partial charge >= 0.3 is 0 Å². The highest BCUT2D eigenvalue weighted by Crippen LogP contribution is 2.37. The van der Waals surface area contributed by atoms with Gasteiger partial charge in [0.15, 0.2) is 0 Å². The molecule has 2 aliphatic rings. The molecule has 2 aromatic carbocycles. The molecule has 5 rings (SSSR count). The molecule has 0 aliphatic carbocycles. The molecule has 160 valence electrons. The molecular formula is C23H23ClN4O3. The summed E-state index contributed by atoms with van der Waals surface area (Å²) in [4.78, 5) is 32.7. The third kappa shape index (κ3) is 3.58. The Balaban J connectivity index is 1.44.